The summed E-state index contributed by atoms with van der Waals surface area (Å²) < 4.78 is 55.2. The fourth-order valence-corrected chi connectivity index (χ4v) is 7.69. The SMILES string of the molecule is CC(=O)N1CCC2(CC1)CN(c1ncc(C(=O)NC3(C(=O)O)CCCCC3)c(C(F)(F)F)n1)c1ccc(OCCC3CCOCC3)cc12. The molecular weight excluding hydrogens is 631 g/mol. The van der Waals surface area contributed by atoms with Crippen LogP contribution in [0.3, 0.4) is 0 Å². The highest BCUT2D eigenvalue weighted by Gasteiger charge is 2.48. The lowest BCUT2D eigenvalue weighted by atomic mass is 9.74. The minimum absolute atomic E-state index is 0.0324. The number of anilines is 2. The number of hydrogen-bond donors (Lipinski definition) is 2. The molecule has 6 rings (SSSR count). The number of piperidine rings is 1. The van der Waals surface area contributed by atoms with Crippen molar-refractivity contribution in [3.8, 4) is 5.75 Å². The highest BCUT2D eigenvalue weighted by Crippen LogP contribution is 2.50. The molecule has 2 aromatic rings. The summed E-state index contributed by atoms with van der Waals surface area (Å²) in [4.78, 5) is 49.1. The van der Waals surface area contributed by atoms with Crippen LogP contribution >= 0.6 is 0 Å². The third-order valence-corrected chi connectivity index (χ3v) is 10.6. The van der Waals surface area contributed by atoms with Gasteiger partial charge in [-0.25, -0.2) is 14.8 Å². The van der Waals surface area contributed by atoms with Crippen LogP contribution in [0.25, 0.3) is 0 Å². The van der Waals surface area contributed by atoms with E-state index in [0.717, 1.165) is 50.7 Å². The molecule has 0 atom stereocenters. The Hall–Kier alpha value is -3.94. The van der Waals surface area contributed by atoms with E-state index in [2.05, 4.69) is 15.3 Å². The van der Waals surface area contributed by atoms with Crippen LogP contribution in [0.2, 0.25) is 0 Å². The van der Waals surface area contributed by atoms with E-state index >= 15 is 0 Å². The fourth-order valence-electron chi connectivity index (χ4n) is 7.69. The van der Waals surface area contributed by atoms with Gasteiger partial charge in [0.25, 0.3) is 5.91 Å². The number of amides is 2. The lowest BCUT2D eigenvalue weighted by Gasteiger charge is -2.39. The predicted octanol–water partition coefficient (Wildman–Crippen LogP) is 5.24. The van der Waals surface area contributed by atoms with Gasteiger partial charge in [0.1, 0.15) is 11.3 Å². The Morgan fingerprint density at radius 3 is 2.44 bits per heavy atom. The van der Waals surface area contributed by atoms with Crippen LogP contribution in [0.15, 0.2) is 24.4 Å². The number of likely N-dealkylation sites (tertiary alicyclic amines) is 1. The van der Waals surface area contributed by atoms with Gasteiger partial charge in [-0.15, -0.1) is 0 Å². The smallest absolute Gasteiger partial charge is 0.434 e. The number of benzene rings is 1. The highest BCUT2D eigenvalue weighted by atomic mass is 19.4. The molecule has 0 radical (unpaired) electrons. The third-order valence-electron chi connectivity index (χ3n) is 10.6. The molecule has 1 aliphatic carbocycles. The van der Waals surface area contributed by atoms with Crippen molar-refractivity contribution in [3.63, 3.8) is 0 Å². The fraction of sp³-hybridized carbons (Fsp3) is 0.618. The monoisotopic (exact) mass is 673 g/mol. The first-order chi connectivity index (χ1) is 22.9. The molecule has 2 N–H and O–H groups in total. The number of fused-ring (bicyclic) bond motifs is 2. The van der Waals surface area contributed by atoms with Crippen molar-refractivity contribution in [3.05, 3.63) is 41.2 Å². The number of nitrogens with one attached hydrogen (secondary N) is 1. The summed E-state index contributed by atoms with van der Waals surface area (Å²) in [5.74, 6) is -1.50. The summed E-state index contributed by atoms with van der Waals surface area (Å²) in [6.45, 7) is 4.84. The van der Waals surface area contributed by atoms with Gasteiger partial charge >= 0.3 is 12.1 Å². The Morgan fingerprint density at radius 1 is 1.08 bits per heavy atom. The predicted molar refractivity (Wildman–Crippen MR) is 168 cm³/mol. The largest absolute Gasteiger partial charge is 0.494 e. The van der Waals surface area contributed by atoms with Crippen molar-refractivity contribution in [1.82, 2.24) is 20.2 Å². The first-order valence-corrected chi connectivity index (χ1v) is 16.8. The summed E-state index contributed by atoms with van der Waals surface area (Å²) in [6, 6.07) is 5.55. The summed E-state index contributed by atoms with van der Waals surface area (Å²) in [6.07, 6.45) is 2.02. The molecule has 14 heteroatoms. The zero-order valence-corrected chi connectivity index (χ0v) is 27.1. The molecule has 0 unspecified atom stereocenters. The number of ether oxygens (including phenoxy) is 2. The zero-order chi connectivity index (χ0) is 34.1. The van der Waals surface area contributed by atoms with E-state index < -0.39 is 40.3 Å². The Balaban J connectivity index is 1.30. The van der Waals surface area contributed by atoms with E-state index in [-0.39, 0.29) is 31.2 Å². The Labute approximate surface area is 277 Å². The zero-order valence-electron chi connectivity index (χ0n) is 27.1. The van der Waals surface area contributed by atoms with Crippen LogP contribution in [-0.4, -0.2) is 82.8 Å². The van der Waals surface area contributed by atoms with Gasteiger partial charge in [-0.05, 0) is 74.6 Å². The number of halogens is 3. The molecule has 1 spiro atoms. The summed E-state index contributed by atoms with van der Waals surface area (Å²) >= 11 is 0. The molecule has 3 aliphatic heterocycles. The van der Waals surface area contributed by atoms with E-state index in [1.807, 2.05) is 12.1 Å². The topological polar surface area (TPSA) is 134 Å². The molecule has 4 aliphatic rings. The second-order valence-corrected chi connectivity index (χ2v) is 13.6. The van der Waals surface area contributed by atoms with Crippen molar-refractivity contribution in [2.24, 2.45) is 5.92 Å². The average Bonchev–Trinajstić information content (AvgIpc) is 3.38. The summed E-state index contributed by atoms with van der Waals surface area (Å²) in [5, 5.41) is 12.3. The van der Waals surface area contributed by atoms with E-state index in [4.69, 9.17) is 9.47 Å². The standard InChI is InChI=1S/C34H42F3N5O6/c1-22(43)41-14-12-32(13-15-41)21-42(27-6-5-24(19-26(27)32)48-18-9-23-7-16-47-17-8-23)31-38-20-25(28(39-31)34(35,36)37)29(44)40-33(30(45)46)10-3-2-4-11-33/h5-6,19-20,23H,2-4,7-18,21H2,1H3,(H,40,44)(H,45,46). The summed E-state index contributed by atoms with van der Waals surface area (Å²) in [5.41, 5.74) is -2.85. The number of carboxylic acids is 1. The van der Waals surface area contributed by atoms with Crippen molar-refractivity contribution in [1.29, 1.82) is 0 Å². The number of rotatable bonds is 8. The third kappa shape index (κ3) is 6.81. The Morgan fingerprint density at radius 2 is 1.79 bits per heavy atom. The molecule has 4 heterocycles. The minimum Gasteiger partial charge on any atom is -0.494 e. The van der Waals surface area contributed by atoms with Gasteiger partial charge in [-0.2, -0.15) is 13.2 Å². The van der Waals surface area contributed by atoms with E-state index in [9.17, 15) is 32.7 Å². The highest BCUT2D eigenvalue weighted by molar-refractivity contribution is 5.98. The van der Waals surface area contributed by atoms with Crippen LogP contribution < -0.4 is 15.0 Å². The second-order valence-electron chi connectivity index (χ2n) is 13.6. The molecule has 1 saturated carbocycles. The number of aliphatic carboxylic acids is 1. The van der Waals surface area contributed by atoms with Gasteiger partial charge in [0, 0.05) is 57.1 Å². The minimum atomic E-state index is -5.01. The first kappa shape index (κ1) is 33.9. The number of hydrogen-bond acceptors (Lipinski definition) is 8. The quantitative estimate of drug-likeness (QED) is 0.386. The van der Waals surface area contributed by atoms with Gasteiger partial charge < -0.3 is 29.7 Å². The number of carbonyl (C=O) groups excluding carboxylic acids is 2. The molecule has 3 fully saturated rings. The van der Waals surface area contributed by atoms with Gasteiger partial charge in [0.2, 0.25) is 11.9 Å². The van der Waals surface area contributed by atoms with Crippen LogP contribution in [0.1, 0.15) is 92.7 Å². The van der Waals surface area contributed by atoms with Gasteiger partial charge in [-0.1, -0.05) is 19.3 Å². The van der Waals surface area contributed by atoms with E-state index in [1.165, 1.54) is 6.92 Å². The second kappa shape index (κ2) is 13.5. The Bertz CT molecular complexity index is 1530. The number of aromatic nitrogens is 2. The van der Waals surface area contributed by atoms with E-state index in [1.54, 1.807) is 15.9 Å². The maximum Gasteiger partial charge on any atom is 0.434 e. The number of alkyl halides is 3. The average molecular weight is 674 g/mol. The van der Waals surface area contributed by atoms with Crippen LogP contribution in [0.5, 0.6) is 5.75 Å². The molecule has 11 nitrogen and oxygen atoms in total. The van der Waals surface area contributed by atoms with Crippen LogP contribution in [0, 0.1) is 5.92 Å². The van der Waals surface area contributed by atoms with Crippen molar-refractivity contribution in [2.45, 2.75) is 88.3 Å². The van der Waals surface area contributed by atoms with Gasteiger partial charge in [0.15, 0.2) is 5.69 Å². The molecule has 2 saturated heterocycles. The van der Waals surface area contributed by atoms with Gasteiger partial charge in [-0.3, -0.25) is 9.59 Å². The van der Waals surface area contributed by atoms with E-state index in [0.29, 0.717) is 62.7 Å². The number of nitrogens with zero attached hydrogens (tertiary/aromatic N) is 4. The molecule has 1 aromatic carbocycles. The lowest BCUT2D eigenvalue weighted by molar-refractivity contribution is -0.146. The molecule has 0 bridgehead atoms. The van der Waals surface area contributed by atoms with Crippen LogP contribution in [0.4, 0.5) is 24.8 Å². The van der Waals surface area contributed by atoms with Crippen molar-refractivity contribution >= 4 is 29.4 Å². The Kier molecular flexibility index (Phi) is 9.56. The van der Waals surface area contributed by atoms with Crippen molar-refractivity contribution in [2.75, 3.05) is 44.4 Å². The first-order valence-electron chi connectivity index (χ1n) is 16.8. The maximum atomic E-state index is 14.5. The molecular formula is C34H42F3N5O6. The van der Waals surface area contributed by atoms with Crippen molar-refractivity contribution < 1.29 is 42.1 Å². The van der Waals surface area contributed by atoms with Gasteiger partial charge in [0.05, 0.1) is 12.2 Å². The lowest BCUT2D eigenvalue weighted by Crippen LogP contribution is -2.55. The van der Waals surface area contributed by atoms with Crippen LogP contribution in [-0.2, 0) is 25.9 Å². The molecule has 48 heavy (non-hydrogen) atoms. The number of carboxylic acid groups (broad SMARTS) is 1. The summed E-state index contributed by atoms with van der Waals surface area (Å²) in [7, 11) is 0. The maximum absolute atomic E-state index is 14.5. The molecule has 2 amide bonds. The molecule has 1 aromatic heterocycles. The number of carbonyl (C=O) groups is 3. The molecule has 260 valence electrons. The normalized spacial score (nSPS) is 20.8.